The van der Waals surface area contributed by atoms with E-state index in [2.05, 4.69) is 0 Å². The lowest BCUT2D eigenvalue weighted by atomic mass is 10.0. The Kier molecular flexibility index (Phi) is 5.37. The van der Waals surface area contributed by atoms with Gasteiger partial charge in [0.15, 0.2) is 0 Å². The number of ether oxygens (including phenoxy) is 1. The van der Waals surface area contributed by atoms with Crippen LogP contribution in [0.15, 0.2) is 23.1 Å². The van der Waals surface area contributed by atoms with E-state index in [1.807, 2.05) is 13.0 Å². The maximum absolute atomic E-state index is 12.7. The number of aryl methyl sites for hydroxylation is 1. The van der Waals surface area contributed by atoms with Gasteiger partial charge in [-0.15, -0.1) is 0 Å². The van der Waals surface area contributed by atoms with Gasteiger partial charge in [-0.2, -0.15) is 0 Å². The first-order valence-electron chi connectivity index (χ1n) is 7.29. The molecule has 1 aliphatic rings. The molecule has 0 radical (unpaired) electrons. The van der Waals surface area contributed by atoms with Crippen LogP contribution < -0.4 is 5.73 Å². The maximum Gasteiger partial charge on any atom is 0.243 e. The molecule has 1 saturated heterocycles. The molecule has 0 aliphatic carbocycles. The van der Waals surface area contributed by atoms with Crippen molar-refractivity contribution in [1.29, 1.82) is 0 Å². The SMILES string of the molecule is Cc1cc(CN)ccc1S(=O)(=O)N(C)CC1CCCOC1. The molecule has 0 spiro atoms. The van der Waals surface area contributed by atoms with Crippen LogP contribution in [-0.4, -0.2) is 39.5 Å². The minimum Gasteiger partial charge on any atom is -0.381 e. The summed E-state index contributed by atoms with van der Waals surface area (Å²) in [6.07, 6.45) is 2.02. The van der Waals surface area contributed by atoms with Crippen molar-refractivity contribution in [2.75, 3.05) is 26.8 Å². The largest absolute Gasteiger partial charge is 0.381 e. The van der Waals surface area contributed by atoms with Gasteiger partial charge in [-0.05, 0) is 42.9 Å². The lowest BCUT2D eigenvalue weighted by molar-refractivity contribution is 0.0495. The van der Waals surface area contributed by atoms with Crippen LogP contribution in [0.25, 0.3) is 0 Å². The first kappa shape index (κ1) is 16.4. The van der Waals surface area contributed by atoms with Gasteiger partial charge in [0.1, 0.15) is 0 Å². The third kappa shape index (κ3) is 3.83. The Labute approximate surface area is 127 Å². The number of hydrogen-bond donors (Lipinski definition) is 1. The molecule has 1 aromatic carbocycles. The summed E-state index contributed by atoms with van der Waals surface area (Å²) in [4.78, 5) is 0.360. The predicted octanol–water partition coefficient (Wildman–Crippen LogP) is 1.50. The second kappa shape index (κ2) is 6.87. The van der Waals surface area contributed by atoms with Crippen molar-refractivity contribution in [3.8, 4) is 0 Å². The summed E-state index contributed by atoms with van der Waals surface area (Å²) in [5.41, 5.74) is 7.27. The van der Waals surface area contributed by atoms with E-state index in [0.29, 0.717) is 24.6 Å². The van der Waals surface area contributed by atoms with E-state index in [9.17, 15) is 8.42 Å². The van der Waals surface area contributed by atoms with Gasteiger partial charge in [-0.1, -0.05) is 12.1 Å². The second-order valence-electron chi connectivity index (χ2n) is 5.67. The first-order chi connectivity index (χ1) is 9.95. The van der Waals surface area contributed by atoms with Gasteiger partial charge in [0.05, 0.1) is 11.5 Å². The molecule has 0 amide bonds. The third-order valence-electron chi connectivity index (χ3n) is 3.93. The molecule has 1 fully saturated rings. The summed E-state index contributed by atoms with van der Waals surface area (Å²) in [5, 5.41) is 0. The van der Waals surface area contributed by atoms with E-state index in [-0.39, 0.29) is 5.92 Å². The first-order valence-corrected chi connectivity index (χ1v) is 8.73. The van der Waals surface area contributed by atoms with Gasteiger partial charge in [-0.3, -0.25) is 0 Å². The topological polar surface area (TPSA) is 72.6 Å². The van der Waals surface area contributed by atoms with Crippen molar-refractivity contribution in [1.82, 2.24) is 4.31 Å². The van der Waals surface area contributed by atoms with Gasteiger partial charge in [0.25, 0.3) is 0 Å². The van der Waals surface area contributed by atoms with E-state index in [4.69, 9.17) is 10.5 Å². The van der Waals surface area contributed by atoms with Crippen molar-refractivity contribution in [2.45, 2.75) is 31.2 Å². The van der Waals surface area contributed by atoms with Crippen molar-refractivity contribution in [3.05, 3.63) is 29.3 Å². The van der Waals surface area contributed by atoms with Crippen LogP contribution >= 0.6 is 0 Å². The lowest BCUT2D eigenvalue weighted by Crippen LogP contribution is -2.35. The van der Waals surface area contributed by atoms with E-state index >= 15 is 0 Å². The van der Waals surface area contributed by atoms with Crippen LogP contribution in [-0.2, 0) is 21.3 Å². The van der Waals surface area contributed by atoms with Crippen LogP contribution in [0.5, 0.6) is 0 Å². The average Bonchev–Trinajstić information content (AvgIpc) is 2.47. The van der Waals surface area contributed by atoms with Crippen molar-refractivity contribution in [3.63, 3.8) is 0 Å². The molecular weight excluding hydrogens is 288 g/mol. The van der Waals surface area contributed by atoms with Crippen molar-refractivity contribution >= 4 is 10.0 Å². The van der Waals surface area contributed by atoms with E-state index in [0.717, 1.165) is 30.6 Å². The van der Waals surface area contributed by atoms with E-state index in [1.54, 1.807) is 19.2 Å². The third-order valence-corrected chi connectivity index (χ3v) is 5.92. The Balaban J connectivity index is 2.16. The van der Waals surface area contributed by atoms with Crippen molar-refractivity contribution < 1.29 is 13.2 Å². The summed E-state index contributed by atoms with van der Waals surface area (Å²) in [6.45, 7) is 4.15. The number of sulfonamides is 1. The Hall–Kier alpha value is -0.950. The van der Waals surface area contributed by atoms with Crippen LogP contribution in [0.2, 0.25) is 0 Å². The Bertz CT molecular complexity index is 581. The molecule has 2 N–H and O–H groups in total. The lowest BCUT2D eigenvalue weighted by Gasteiger charge is -2.27. The van der Waals surface area contributed by atoms with Gasteiger partial charge in [0, 0.05) is 26.7 Å². The average molecular weight is 312 g/mol. The summed E-state index contributed by atoms with van der Waals surface area (Å²) in [5.74, 6) is 0.280. The zero-order valence-electron chi connectivity index (χ0n) is 12.7. The van der Waals surface area contributed by atoms with Crippen LogP contribution in [0, 0.1) is 12.8 Å². The quantitative estimate of drug-likeness (QED) is 0.894. The molecule has 1 unspecified atom stereocenters. The summed E-state index contributed by atoms with van der Waals surface area (Å²) >= 11 is 0. The molecule has 0 aromatic heterocycles. The van der Waals surface area contributed by atoms with Crippen LogP contribution in [0.1, 0.15) is 24.0 Å². The van der Waals surface area contributed by atoms with E-state index < -0.39 is 10.0 Å². The zero-order chi connectivity index (χ0) is 15.5. The van der Waals surface area contributed by atoms with E-state index in [1.165, 1.54) is 4.31 Å². The number of benzene rings is 1. The monoisotopic (exact) mass is 312 g/mol. The molecule has 1 atom stereocenters. The molecule has 1 aliphatic heterocycles. The van der Waals surface area contributed by atoms with Gasteiger partial charge in [-0.25, -0.2) is 12.7 Å². The van der Waals surface area contributed by atoms with Gasteiger partial charge in [0.2, 0.25) is 10.0 Å². The molecule has 5 nitrogen and oxygen atoms in total. The fourth-order valence-electron chi connectivity index (χ4n) is 2.71. The fraction of sp³-hybridized carbons (Fsp3) is 0.600. The molecule has 2 rings (SSSR count). The van der Waals surface area contributed by atoms with Gasteiger partial charge >= 0.3 is 0 Å². The second-order valence-corrected chi connectivity index (χ2v) is 7.69. The Morgan fingerprint density at radius 1 is 1.43 bits per heavy atom. The molecule has 0 bridgehead atoms. The number of hydrogen-bond acceptors (Lipinski definition) is 4. The molecule has 1 heterocycles. The highest BCUT2D eigenvalue weighted by atomic mass is 32.2. The standard InChI is InChI=1S/C15H24N2O3S/c1-12-8-13(9-16)5-6-15(12)21(18,19)17(2)10-14-4-3-7-20-11-14/h5-6,8,14H,3-4,7,9-11,16H2,1-2H3. The highest BCUT2D eigenvalue weighted by Gasteiger charge is 2.26. The fourth-order valence-corrected chi connectivity index (χ4v) is 4.16. The number of nitrogens with zero attached hydrogens (tertiary/aromatic N) is 1. The molecule has 118 valence electrons. The molecule has 1 aromatic rings. The maximum atomic E-state index is 12.7. The zero-order valence-corrected chi connectivity index (χ0v) is 13.5. The summed E-state index contributed by atoms with van der Waals surface area (Å²) in [7, 11) is -1.82. The normalized spacial score (nSPS) is 19.9. The van der Waals surface area contributed by atoms with Crippen LogP contribution in [0.3, 0.4) is 0 Å². The number of nitrogens with two attached hydrogens (primary N) is 1. The molecule has 6 heteroatoms. The highest BCUT2D eigenvalue weighted by Crippen LogP contribution is 2.22. The molecule has 0 saturated carbocycles. The minimum atomic E-state index is -3.46. The Morgan fingerprint density at radius 3 is 2.76 bits per heavy atom. The highest BCUT2D eigenvalue weighted by molar-refractivity contribution is 7.89. The molecular formula is C15H24N2O3S. The summed E-state index contributed by atoms with van der Waals surface area (Å²) in [6, 6.07) is 5.27. The Morgan fingerprint density at radius 2 is 2.19 bits per heavy atom. The number of rotatable bonds is 5. The summed E-state index contributed by atoms with van der Waals surface area (Å²) < 4.78 is 32.2. The van der Waals surface area contributed by atoms with Gasteiger partial charge < -0.3 is 10.5 Å². The molecule has 21 heavy (non-hydrogen) atoms. The minimum absolute atomic E-state index is 0.280. The predicted molar refractivity (Wildman–Crippen MR) is 82.4 cm³/mol. The van der Waals surface area contributed by atoms with Crippen LogP contribution in [0.4, 0.5) is 0 Å². The van der Waals surface area contributed by atoms with Crippen molar-refractivity contribution in [2.24, 2.45) is 11.7 Å². The smallest absolute Gasteiger partial charge is 0.243 e.